The van der Waals surface area contributed by atoms with E-state index in [0.717, 1.165) is 27.8 Å². The summed E-state index contributed by atoms with van der Waals surface area (Å²) in [4.78, 5) is 32.5. The van der Waals surface area contributed by atoms with E-state index < -0.39 is 5.91 Å². The van der Waals surface area contributed by atoms with Gasteiger partial charge in [0.2, 0.25) is 5.91 Å². The molecule has 0 aliphatic rings. The molecule has 0 aliphatic carbocycles. The molecule has 0 unspecified atom stereocenters. The number of nitrogens with one attached hydrogen (secondary N) is 3. The van der Waals surface area contributed by atoms with Crippen LogP contribution in [0.3, 0.4) is 0 Å². The number of H-pyrrole nitrogens is 1. The molecule has 4 rings (SSSR count). The van der Waals surface area contributed by atoms with Crippen LogP contribution < -0.4 is 21.3 Å². The Morgan fingerprint density at radius 2 is 1.91 bits per heavy atom. The number of hydrogen-bond donors (Lipinski definition) is 4. The number of fused-ring (bicyclic) bond motifs is 1. The Hall–Kier alpha value is -4.33. The van der Waals surface area contributed by atoms with Gasteiger partial charge in [0.15, 0.2) is 0 Å². The molecule has 2 amide bonds. The van der Waals surface area contributed by atoms with Crippen LogP contribution in [0.5, 0.6) is 0 Å². The Morgan fingerprint density at radius 3 is 2.62 bits per heavy atom. The summed E-state index contributed by atoms with van der Waals surface area (Å²) in [5.41, 5.74) is 10.2. The fraction of sp³-hybridized carbons (Fsp3) is 0.125. The minimum absolute atomic E-state index is 0.0412. The highest BCUT2D eigenvalue weighted by atomic mass is 16.2. The van der Waals surface area contributed by atoms with Crippen molar-refractivity contribution in [3.63, 3.8) is 0 Å². The lowest BCUT2D eigenvalue weighted by Gasteiger charge is -2.16. The van der Waals surface area contributed by atoms with Crippen LogP contribution in [0.4, 0.5) is 22.9 Å². The molecule has 0 spiro atoms. The van der Waals surface area contributed by atoms with Gasteiger partial charge < -0.3 is 26.3 Å². The molecule has 0 fully saturated rings. The Labute approximate surface area is 185 Å². The number of benzene rings is 2. The third-order valence-corrected chi connectivity index (χ3v) is 5.32. The van der Waals surface area contributed by atoms with Crippen LogP contribution in [0.15, 0.2) is 67.0 Å². The van der Waals surface area contributed by atoms with Crippen molar-refractivity contribution >= 4 is 45.6 Å². The maximum absolute atomic E-state index is 11.9. The SMILES string of the molecule is CC(=O)N(C)c1ccc(Nc2cc(NCc3cccc4[nH]ccc34)c(C(N)=O)cn2)cc1. The fourth-order valence-corrected chi connectivity index (χ4v) is 3.46. The van der Waals surface area contributed by atoms with Gasteiger partial charge in [-0.05, 0) is 42.0 Å². The molecular formula is C24H24N6O2. The van der Waals surface area contributed by atoms with E-state index in [2.05, 4.69) is 20.6 Å². The number of carbonyl (C=O) groups is 2. The Bertz CT molecular complexity index is 1280. The van der Waals surface area contributed by atoms with Gasteiger partial charge in [-0.3, -0.25) is 9.59 Å². The van der Waals surface area contributed by atoms with E-state index >= 15 is 0 Å². The summed E-state index contributed by atoms with van der Waals surface area (Å²) in [6.07, 6.45) is 3.36. The normalized spacial score (nSPS) is 10.7. The quantitative estimate of drug-likeness (QED) is 0.355. The number of anilines is 4. The smallest absolute Gasteiger partial charge is 0.252 e. The van der Waals surface area contributed by atoms with E-state index in [1.165, 1.54) is 13.1 Å². The van der Waals surface area contributed by atoms with E-state index in [0.29, 0.717) is 23.6 Å². The van der Waals surface area contributed by atoms with Gasteiger partial charge in [0.1, 0.15) is 5.82 Å². The number of hydrogen-bond acceptors (Lipinski definition) is 5. The first-order valence-corrected chi connectivity index (χ1v) is 10.1. The molecule has 0 atom stereocenters. The van der Waals surface area contributed by atoms with E-state index in [4.69, 9.17) is 5.73 Å². The van der Waals surface area contributed by atoms with Gasteiger partial charge in [-0.2, -0.15) is 0 Å². The summed E-state index contributed by atoms with van der Waals surface area (Å²) < 4.78 is 0. The van der Waals surface area contributed by atoms with E-state index in [-0.39, 0.29) is 5.91 Å². The fourth-order valence-electron chi connectivity index (χ4n) is 3.46. The van der Waals surface area contributed by atoms with Crippen LogP contribution in [0.1, 0.15) is 22.8 Å². The van der Waals surface area contributed by atoms with Crippen molar-refractivity contribution in [1.82, 2.24) is 9.97 Å². The molecule has 0 radical (unpaired) electrons. The van der Waals surface area contributed by atoms with E-state index in [9.17, 15) is 9.59 Å². The number of carbonyl (C=O) groups excluding carboxylic acids is 2. The average molecular weight is 428 g/mol. The Balaban J connectivity index is 1.54. The third-order valence-electron chi connectivity index (χ3n) is 5.32. The molecule has 0 bridgehead atoms. The van der Waals surface area contributed by atoms with Crippen LogP contribution in [0, 0.1) is 0 Å². The summed E-state index contributed by atoms with van der Waals surface area (Å²) >= 11 is 0. The highest BCUT2D eigenvalue weighted by Crippen LogP contribution is 2.25. The summed E-state index contributed by atoms with van der Waals surface area (Å²) in [5.74, 6) is -0.0338. The van der Waals surface area contributed by atoms with Gasteiger partial charge in [0.25, 0.3) is 5.91 Å². The van der Waals surface area contributed by atoms with Gasteiger partial charge in [0.05, 0.1) is 11.3 Å². The van der Waals surface area contributed by atoms with Crippen molar-refractivity contribution in [2.75, 3.05) is 22.6 Å². The number of nitrogens with two attached hydrogens (primary N) is 1. The molecule has 32 heavy (non-hydrogen) atoms. The largest absolute Gasteiger partial charge is 0.380 e. The van der Waals surface area contributed by atoms with Crippen molar-refractivity contribution in [2.24, 2.45) is 5.73 Å². The number of amides is 2. The molecule has 0 aliphatic heterocycles. The topological polar surface area (TPSA) is 116 Å². The minimum atomic E-state index is -0.553. The van der Waals surface area contributed by atoms with Crippen molar-refractivity contribution in [3.8, 4) is 0 Å². The number of pyridine rings is 1. The first kappa shape index (κ1) is 20.9. The standard InChI is InChI=1S/C24H24N6O2/c1-15(31)30(2)18-8-6-17(7-9-18)29-23-12-22(20(14-28-23)24(25)32)27-13-16-4-3-5-21-19(16)10-11-26-21/h3-12,14,26H,13H2,1-2H3,(H2,25,32)(H2,27,28,29). The van der Waals surface area contributed by atoms with Crippen molar-refractivity contribution in [3.05, 3.63) is 78.1 Å². The number of aromatic nitrogens is 2. The molecule has 0 saturated carbocycles. The van der Waals surface area contributed by atoms with Crippen LogP contribution in [-0.4, -0.2) is 28.8 Å². The molecule has 162 valence electrons. The maximum atomic E-state index is 11.9. The molecule has 8 nitrogen and oxygen atoms in total. The maximum Gasteiger partial charge on any atom is 0.252 e. The Morgan fingerprint density at radius 1 is 1.12 bits per heavy atom. The van der Waals surface area contributed by atoms with Gasteiger partial charge in [-0.1, -0.05) is 12.1 Å². The third kappa shape index (κ3) is 4.39. The predicted molar refractivity (Wildman–Crippen MR) is 127 cm³/mol. The molecule has 2 heterocycles. The minimum Gasteiger partial charge on any atom is -0.380 e. The molecular weight excluding hydrogens is 404 g/mol. The summed E-state index contributed by atoms with van der Waals surface area (Å²) in [7, 11) is 1.72. The number of nitrogens with zero attached hydrogens (tertiary/aromatic N) is 2. The first-order valence-electron chi connectivity index (χ1n) is 10.1. The zero-order chi connectivity index (χ0) is 22.7. The van der Waals surface area contributed by atoms with Crippen LogP contribution in [0.2, 0.25) is 0 Å². The monoisotopic (exact) mass is 428 g/mol. The lowest BCUT2D eigenvalue weighted by Crippen LogP contribution is -2.22. The van der Waals surface area contributed by atoms with Crippen molar-refractivity contribution in [1.29, 1.82) is 0 Å². The highest BCUT2D eigenvalue weighted by molar-refractivity contribution is 5.98. The second kappa shape index (κ2) is 8.81. The van der Waals surface area contributed by atoms with Crippen LogP contribution >= 0.6 is 0 Å². The highest BCUT2D eigenvalue weighted by Gasteiger charge is 2.12. The summed E-state index contributed by atoms with van der Waals surface area (Å²) in [5, 5.41) is 7.65. The van der Waals surface area contributed by atoms with Gasteiger partial charge in [-0.15, -0.1) is 0 Å². The van der Waals surface area contributed by atoms with Gasteiger partial charge >= 0.3 is 0 Å². The second-order valence-electron chi connectivity index (χ2n) is 7.44. The molecule has 8 heteroatoms. The lowest BCUT2D eigenvalue weighted by atomic mass is 10.1. The van der Waals surface area contributed by atoms with Crippen LogP contribution in [0.25, 0.3) is 10.9 Å². The second-order valence-corrected chi connectivity index (χ2v) is 7.44. The Kier molecular flexibility index (Phi) is 5.76. The van der Waals surface area contributed by atoms with Gasteiger partial charge in [-0.25, -0.2) is 4.98 Å². The zero-order valence-electron chi connectivity index (χ0n) is 17.8. The number of primary amides is 1. The zero-order valence-corrected chi connectivity index (χ0v) is 17.8. The lowest BCUT2D eigenvalue weighted by molar-refractivity contribution is -0.116. The summed E-state index contributed by atoms with van der Waals surface area (Å²) in [6.45, 7) is 2.03. The van der Waals surface area contributed by atoms with Crippen molar-refractivity contribution in [2.45, 2.75) is 13.5 Å². The molecule has 4 aromatic rings. The number of aromatic amines is 1. The van der Waals surface area contributed by atoms with E-state index in [1.807, 2.05) is 54.7 Å². The number of rotatable bonds is 7. The molecule has 5 N–H and O–H groups in total. The molecule has 0 saturated heterocycles. The van der Waals surface area contributed by atoms with Crippen LogP contribution in [-0.2, 0) is 11.3 Å². The van der Waals surface area contributed by atoms with Gasteiger partial charge in [0, 0.05) is 61.3 Å². The summed E-state index contributed by atoms with van der Waals surface area (Å²) in [6, 6.07) is 17.2. The van der Waals surface area contributed by atoms with E-state index in [1.54, 1.807) is 18.0 Å². The predicted octanol–water partition coefficient (Wildman–Crippen LogP) is 4.00. The molecule has 2 aromatic carbocycles. The first-order chi connectivity index (χ1) is 15.4. The molecule has 2 aromatic heterocycles. The van der Waals surface area contributed by atoms with Crippen molar-refractivity contribution < 1.29 is 9.59 Å². The average Bonchev–Trinajstić information content (AvgIpc) is 3.27.